The van der Waals surface area contributed by atoms with Gasteiger partial charge in [-0.15, -0.1) is 0 Å². The molecule has 0 aromatic heterocycles. The zero-order chi connectivity index (χ0) is 12.6. The monoisotopic (exact) mass is 233 g/mol. The third-order valence-electron chi connectivity index (χ3n) is 2.84. The highest BCUT2D eigenvalue weighted by molar-refractivity contribution is 5.85. The van der Waals surface area contributed by atoms with Gasteiger partial charge in [0.2, 0.25) is 0 Å². The van der Waals surface area contributed by atoms with Crippen molar-refractivity contribution in [3.8, 4) is 0 Å². The maximum absolute atomic E-state index is 12.2. The van der Waals surface area contributed by atoms with Gasteiger partial charge in [0.05, 0.1) is 0 Å². The third kappa shape index (κ3) is 2.43. The van der Waals surface area contributed by atoms with Gasteiger partial charge in [-0.05, 0) is 39.3 Å². The van der Waals surface area contributed by atoms with E-state index in [4.69, 9.17) is 4.74 Å². The first kappa shape index (κ1) is 12.0. The van der Waals surface area contributed by atoms with Crippen LogP contribution in [0.25, 0.3) is 0 Å². The number of ether oxygens (including phenoxy) is 1. The molecule has 0 aliphatic carbocycles. The van der Waals surface area contributed by atoms with Gasteiger partial charge in [-0.25, -0.2) is 0 Å². The number of nitrogens with one attached hydrogen (secondary N) is 1. The fraction of sp³-hybridized carbons (Fsp3) is 0.500. The Balaban J connectivity index is 2.25. The first-order valence-electron chi connectivity index (χ1n) is 5.97. The smallest absolute Gasteiger partial charge is 0.316 e. The Kier molecular flexibility index (Phi) is 2.86. The summed E-state index contributed by atoms with van der Waals surface area (Å²) in [6.07, 6.45) is 0. The summed E-state index contributed by atoms with van der Waals surface area (Å²) in [7, 11) is 0. The highest BCUT2D eigenvalue weighted by Crippen LogP contribution is 2.37. The minimum atomic E-state index is -0.436. The molecule has 0 saturated heterocycles. The van der Waals surface area contributed by atoms with E-state index in [0.29, 0.717) is 0 Å². The van der Waals surface area contributed by atoms with Crippen LogP contribution in [0.15, 0.2) is 24.3 Å². The van der Waals surface area contributed by atoms with Gasteiger partial charge in [0.15, 0.2) is 0 Å². The van der Waals surface area contributed by atoms with Crippen LogP contribution in [0.4, 0.5) is 5.69 Å². The number of anilines is 1. The molecule has 92 valence electrons. The molecule has 3 heteroatoms. The number of fused-ring (bicyclic) bond motifs is 1. The Morgan fingerprint density at radius 3 is 2.59 bits per heavy atom. The SMILES string of the molecule is CC1Nc2ccccc2C1C(=O)OC(C)(C)C. The van der Waals surface area contributed by atoms with E-state index < -0.39 is 5.60 Å². The molecular formula is C14H19NO2. The van der Waals surface area contributed by atoms with Crippen LogP contribution in [0.3, 0.4) is 0 Å². The number of para-hydroxylation sites is 1. The van der Waals surface area contributed by atoms with E-state index in [0.717, 1.165) is 11.3 Å². The minimum Gasteiger partial charge on any atom is -0.459 e. The van der Waals surface area contributed by atoms with Gasteiger partial charge >= 0.3 is 5.97 Å². The molecule has 1 aromatic carbocycles. The number of hydrogen-bond acceptors (Lipinski definition) is 3. The largest absolute Gasteiger partial charge is 0.459 e. The molecule has 0 bridgehead atoms. The molecule has 2 rings (SSSR count). The maximum Gasteiger partial charge on any atom is 0.316 e. The molecule has 2 atom stereocenters. The number of benzene rings is 1. The lowest BCUT2D eigenvalue weighted by molar-refractivity contribution is -0.156. The number of hydrogen-bond donors (Lipinski definition) is 1. The zero-order valence-electron chi connectivity index (χ0n) is 10.8. The Labute approximate surface area is 102 Å². The molecule has 0 amide bonds. The van der Waals surface area contributed by atoms with Gasteiger partial charge in [0.1, 0.15) is 11.5 Å². The second-order valence-corrected chi connectivity index (χ2v) is 5.53. The minimum absolute atomic E-state index is 0.0854. The van der Waals surface area contributed by atoms with E-state index in [1.807, 2.05) is 52.0 Å². The molecule has 1 aliphatic heterocycles. The van der Waals surface area contributed by atoms with E-state index in [9.17, 15) is 4.79 Å². The first-order valence-corrected chi connectivity index (χ1v) is 5.97. The highest BCUT2D eigenvalue weighted by atomic mass is 16.6. The van der Waals surface area contributed by atoms with Crippen LogP contribution in [0, 0.1) is 0 Å². The first-order chi connectivity index (χ1) is 7.88. The van der Waals surface area contributed by atoms with E-state index in [1.54, 1.807) is 0 Å². The number of carbonyl (C=O) groups excluding carboxylic acids is 1. The summed E-state index contributed by atoms with van der Waals surface area (Å²) >= 11 is 0. The van der Waals surface area contributed by atoms with E-state index in [1.165, 1.54) is 0 Å². The average molecular weight is 233 g/mol. The van der Waals surface area contributed by atoms with Gasteiger partial charge in [-0.3, -0.25) is 4.79 Å². The summed E-state index contributed by atoms with van der Waals surface area (Å²) in [6, 6.07) is 7.99. The number of rotatable bonds is 1. The van der Waals surface area contributed by atoms with Gasteiger partial charge in [-0.1, -0.05) is 18.2 Å². The lowest BCUT2D eigenvalue weighted by Gasteiger charge is -2.23. The molecule has 0 fully saturated rings. The van der Waals surface area contributed by atoms with Crippen LogP contribution in [0.1, 0.15) is 39.2 Å². The fourth-order valence-electron chi connectivity index (χ4n) is 2.19. The van der Waals surface area contributed by atoms with Crippen LogP contribution in [0.5, 0.6) is 0 Å². The van der Waals surface area contributed by atoms with E-state index in [-0.39, 0.29) is 17.9 Å². The van der Waals surface area contributed by atoms with Crippen molar-refractivity contribution in [2.24, 2.45) is 0 Å². The number of esters is 1. The summed E-state index contributed by atoms with van der Waals surface area (Å²) in [5, 5.41) is 3.31. The average Bonchev–Trinajstić information content (AvgIpc) is 2.50. The lowest BCUT2D eigenvalue weighted by Crippen LogP contribution is -2.31. The van der Waals surface area contributed by atoms with Crippen LogP contribution in [-0.4, -0.2) is 17.6 Å². The summed E-state index contributed by atoms with van der Waals surface area (Å²) < 4.78 is 5.47. The van der Waals surface area contributed by atoms with Crippen LogP contribution in [-0.2, 0) is 9.53 Å². The third-order valence-corrected chi connectivity index (χ3v) is 2.84. The van der Waals surface area contributed by atoms with Crippen molar-refractivity contribution in [3.05, 3.63) is 29.8 Å². The predicted molar refractivity (Wildman–Crippen MR) is 68.1 cm³/mol. The van der Waals surface area contributed by atoms with Gasteiger partial charge < -0.3 is 10.1 Å². The molecule has 1 N–H and O–H groups in total. The van der Waals surface area contributed by atoms with Gasteiger partial charge in [0, 0.05) is 11.7 Å². The normalized spacial score (nSPS) is 22.8. The van der Waals surface area contributed by atoms with Crippen LogP contribution in [0.2, 0.25) is 0 Å². The fourth-order valence-corrected chi connectivity index (χ4v) is 2.19. The predicted octanol–water partition coefficient (Wildman–Crippen LogP) is 2.93. The van der Waals surface area contributed by atoms with Crippen molar-refractivity contribution in [1.29, 1.82) is 0 Å². The number of carbonyl (C=O) groups is 1. The highest BCUT2D eigenvalue weighted by Gasteiger charge is 2.37. The lowest BCUT2D eigenvalue weighted by atomic mass is 9.96. The molecule has 0 radical (unpaired) electrons. The Hall–Kier alpha value is -1.51. The van der Waals surface area contributed by atoms with Crippen molar-refractivity contribution in [3.63, 3.8) is 0 Å². The van der Waals surface area contributed by atoms with Crippen LogP contribution >= 0.6 is 0 Å². The summed E-state index contributed by atoms with van der Waals surface area (Å²) in [5.74, 6) is -0.354. The van der Waals surface area contributed by atoms with E-state index >= 15 is 0 Å². The molecule has 1 aliphatic rings. The molecule has 2 unspecified atom stereocenters. The van der Waals surface area contributed by atoms with Crippen molar-refractivity contribution < 1.29 is 9.53 Å². The van der Waals surface area contributed by atoms with Gasteiger partial charge in [0.25, 0.3) is 0 Å². The quantitative estimate of drug-likeness (QED) is 0.758. The van der Waals surface area contributed by atoms with Crippen molar-refractivity contribution in [2.45, 2.75) is 45.3 Å². The Morgan fingerprint density at radius 1 is 1.29 bits per heavy atom. The maximum atomic E-state index is 12.2. The Bertz CT molecular complexity index is 434. The van der Waals surface area contributed by atoms with Crippen molar-refractivity contribution >= 4 is 11.7 Å². The van der Waals surface area contributed by atoms with Crippen molar-refractivity contribution in [1.82, 2.24) is 0 Å². The summed E-state index contributed by atoms with van der Waals surface area (Å²) in [6.45, 7) is 7.69. The second-order valence-electron chi connectivity index (χ2n) is 5.53. The summed E-state index contributed by atoms with van der Waals surface area (Å²) in [4.78, 5) is 12.2. The molecule has 1 heterocycles. The molecule has 0 saturated carbocycles. The van der Waals surface area contributed by atoms with Gasteiger partial charge in [-0.2, -0.15) is 0 Å². The Morgan fingerprint density at radius 2 is 1.94 bits per heavy atom. The molecule has 0 spiro atoms. The second kappa shape index (κ2) is 4.06. The van der Waals surface area contributed by atoms with Crippen molar-refractivity contribution in [2.75, 3.05) is 5.32 Å². The summed E-state index contributed by atoms with van der Waals surface area (Å²) in [5.41, 5.74) is 1.64. The standard InChI is InChI=1S/C14H19NO2/c1-9-12(13(16)17-14(2,3)4)10-7-5-6-8-11(10)15-9/h5-9,12,15H,1-4H3. The molecule has 3 nitrogen and oxygen atoms in total. The zero-order valence-corrected chi connectivity index (χ0v) is 10.8. The van der Waals surface area contributed by atoms with Crippen LogP contribution < -0.4 is 5.32 Å². The topological polar surface area (TPSA) is 38.3 Å². The van der Waals surface area contributed by atoms with E-state index in [2.05, 4.69) is 5.32 Å². The molecule has 17 heavy (non-hydrogen) atoms. The molecular weight excluding hydrogens is 214 g/mol. The molecule has 1 aromatic rings.